The summed E-state index contributed by atoms with van der Waals surface area (Å²) in [6.45, 7) is 5.41. The van der Waals surface area contributed by atoms with Gasteiger partial charge in [-0.2, -0.15) is 5.10 Å². The van der Waals surface area contributed by atoms with E-state index >= 15 is 0 Å². The third kappa shape index (κ3) is 4.50. The lowest BCUT2D eigenvalue weighted by Crippen LogP contribution is -2.21. The van der Waals surface area contributed by atoms with E-state index in [-0.39, 0.29) is 35.8 Å². The van der Waals surface area contributed by atoms with Crippen LogP contribution in [-0.4, -0.2) is 65.5 Å². The van der Waals surface area contributed by atoms with E-state index in [0.29, 0.717) is 27.8 Å². The summed E-state index contributed by atoms with van der Waals surface area (Å²) >= 11 is 1.15. The molecule has 9 nitrogen and oxygen atoms in total. The van der Waals surface area contributed by atoms with Crippen LogP contribution in [0.4, 0.5) is 5.13 Å². The van der Waals surface area contributed by atoms with Gasteiger partial charge in [0.05, 0.1) is 35.4 Å². The summed E-state index contributed by atoms with van der Waals surface area (Å²) in [5.74, 6) is -0.155. The van der Waals surface area contributed by atoms with Crippen LogP contribution in [0.1, 0.15) is 44.8 Å². The molecule has 2 aromatic rings. The second-order valence-electron chi connectivity index (χ2n) is 7.51. The molecule has 0 unspecified atom stereocenters. The van der Waals surface area contributed by atoms with Gasteiger partial charge < -0.3 is 10.2 Å². The monoisotopic (exact) mass is 439 g/mol. The van der Waals surface area contributed by atoms with Gasteiger partial charge in [0, 0.05) is 25.4 Å². The highest BCUT2D eigenvalue weighted by molar-refractivity contribution is 7.91. The fourth-order valence-electron chi connectivity index (χ4n) is 3.45. The average Bonchev–Trinajstić information content (AvgIpc) is 3.25. The molecule has 1 saturated heterocycles. The van der Waals surface area contributed by atoms with Crippen LogP contribution in [0, 0.1) is 20.8 Å². The fraction of sp³-hybridized carbons (Fsp3) is 0.556. The first-order valence-corrected chi connectivity index (χ1v) is 11.9. The number of rotatable bonds is 5. The molecule has 1 fully saturated rings. The Morgan fingerprint density at radius 3 is 2.52 bits per heavy atom. The summed E-state index contributed by atoms with van der Waals surface area (Å²) in [6, 6.07) is -0.184. The first kappa shape index (κ1) is 21.4. The molecule has 1 aliphatic heterocycles. The van der Waals surface area contributed by atoms with Gasteiger partial charge in [0.15, 0.2) is 15.0 Å². The number of sulfone groups is 1. The number of nitrogens with zero attached hydrogens (tertiary/aromatic N) is 4. The number of hydrogen-bond acceptors (Lipinski definition) is 7. The molecule has 11 heteroatoms. The molecule has 0 spiro atoms. The van der Waals surface area contributed by atoms with Gasteiger partial charge >= 0.3 is 0 Å². The molecule has 0 saturated carbocycles. The summed E-state index contributed by atoms with van der Waals surface area (Å²) in [6.07, 6.45) is 0.643. The van der Waals surface area contributed by atoms with E-state index in [9.17, 15) is 18.0 Å². The topological polar surface area (TPSA) is 114 Å². The molecule has 3 rings (SSSR count). The lowest BCUT2D eigenvalue weighted by Gasteiger charge is -2.11. The average molecular weight is 440 g/mol. The van der Waals surface area contributed by atoms with Gasteiger partial charge in [-0.1, -0.05) is 11.3 Å². The maximum Gasteiger partial charge on any atom is 0.265 e. The second-order valence-corrected chi connectivity index (χ2v) is 10.7. The molecule has 2 aromatic heterocycles. The minimum Gasteiger partial charge on any atom is -0.344 e. The Morgan fingerprint density at radius 2 is 1.93 bits per heavy atom. The molecule has 0 bridgehead atoms. The van der Waals surface area contributed by atoms with Crippen LogP contribution in [0.2, 0.25) is 0 Å². The molecule has 29 heavy (non-hydrogen) atoms. The van der Waals surface area contributed by atoms with Crippen molar-refractivity contribution in [2.45, 2.75) is 39.7 Å². The van der Waals surface area contributed by atoms with Gasteiger partial charge in [0.1, 0.15) is 4.88 Å². The molecule has 1 atom stereocenters. The normalized spacial score (nSPS) is 18.0. The predicted octanol–water partition coefficient (Wildman–Crippen LogP) is 1.51. The van der Waals surface area contributed by atoms with Crippen LogP contribution in [0.3, 0.4) is 0 Å². The lowest BCUT2D eigenvalue weighted by molar-refractivity contribution is -0.115. The SMILES string of the molecule is Cc1nc(NC(=O)Cc2c(C)nn([C@@H]3CCS(=O)(=O)C3)c2C)sc1C(=O)N(C)C. The molecule has 0 aromatic carbocycles. The highest BCUT2D eigenvalue weighted by Crippen LogP contribution is 2.28. The van der Waals surface area contributed by atoms with Crippen molar-refractivity contribution in [3.8, 4) is 0 Å². The quantitative estimate of drug-likeness (QED) is 0.755. The van der Waals surface area contributed by atoms with Crippen LogP contribution in [0.15, 0.2) is 0 Å². The molecule has 2 amide bonds. The highest BCUT2D eigenvalue weighted by atomic mass is 32.2. The first-order valence-electron chi connectivity index (χ1n) is 9.22. The Balaban J connectivity index is 1.73. The van der Waals surface area contributed by atoms with Crippen molar-refractivity contribution in [2.75, 3.05) is 30.9 Å². The van der Waals surface area contributed by atoms with Gasteiger partial charge in [-0.15, -0.1) is 0 Å². The molecule has 158 valence electrons. The minimum absolute atomic E-state index is 0.0850. The van der Waals surface area contributed by atoms with Crippen molar-refractivity contribution in [3.05, 3.63) is 27.5 Å². The molecule has 3 heterocycles. The standard InChI is InChI=1S/C18H25N5O4S2/c1-10-14(12(3)23(21-10)13-6-7-29(26,27)9-13)8-15(24)20-18-19-11(2)16(28-18)17(25)22(4)5/h13H,6-9H2,1-5H3,(H,19,20,24)/t13-/m1/s1. The first-order chi connectivity index (χ1) is 13.5. The zero-order valence-corrected chi connectivity index (χ0v) is 18.8. The number of aryl methyl sites for hydroxylation is 2. The fourth-order valence-corrected chi connectivity index (χ4v) is 6.15. The molecular formula is C18H25N5O4S2. The maximum atomic E-state index is 12.6. The van der Waals surface area contributed by atoms with Crippen LogP contribution in [0.5, 0.6) is 0 Å². The van der Waals surface area contributed by atoms with Crippen LogP contribution in [0.25, 0.3) is 0 Å². The Bertz CT molecular complexity index is 1070. The summed E-state index contributed by atoms with van der Waals surface area (Å²) in [7, 11) is 0.310. The number of hydrogen-bond donors (Lipinski definition) is 1. The van der Waals surface area contributed by atoms with E-state index < -0.39 is 9.84 Å². The van der Waals surface area contributed by atoms with E-state index in [1.54, 1.807) is 25.7 Å². The van der Waals surface area contributed by atoms with Crippen molar-refractivity contribution in [3.63, 3.8) is 0 Å². The third-order valence-electron chi connectivity index (χ3n) is 5.01. The molecule has 0 aliphatic carbocycles. The summed E-state index contributed by atoms with van der Waals surface area (Å²) < 4.78 is 25.3. The van der Waals surface area contributed by atoms with E-state index in [2.05, 4.69) is 15.4 Å². The van der Waals surface area contributed by atoms with Crippen molar-refractivity contribution >= 4 is 38.1 Å². The molecule has 1 aliphatic rings. The van der Waals surface area contributed by atoms with E-state index in [1.165, 1.54) is 4.90 Å². The number of anilines is 1. The Hall–Kier alpha value is -2.27. The van der Waals surface area contributed by atoms with Gasteiger partial charge in [0.25, 0.3) is 5.91 Å². The number of nitrogens with one attached hydrogen (secondary N) is 1. The Morgan fingerprint density at radius 1 is 1.24 bits per heavy atom. The number of thiazole rings is 1. The van der Waals surface area contributed by atoms with Gasteiger partial charge in [-0.25, -0.2) is 13.4 Å². The van der Waals surface area contributed by atoms with Crippen LogP contribution in [-0.2, 0) is 21.1 Å². The zero-order valence-electron chi connectivity index (χ0n) is 17.1. The van der Waals surface area contributed by atoms with E-state index in [4.69, 9.17) is 0 Å². The van der Waals surface area contributed by atoms with Gasteiger partial charge in [-0.3, -0.25) is 14.3 Å². The Kier molecular flexibility index (Phi) is 5.81. The van der Waals surface area contributed by atoms with Crippen molar-refractivity contribution in [1.82, 2.24) is 19.7 Å². The summed E-state index contributed by atoms with van der Waals surface area (Å²) in [5.41, 5.74) is 2.87. The van der Waals surface area contributed by atoms with Crippen molar-refractivity contribution in [2.24, 2.45) is 0 Å². The highest BCUT2D eigenvalue weighted by Gasteiger charge is 2.31. The van der Waals surface area contributed by atoms with Gasteiger partial charge in [-0.05, 0) is 27.2 Å². The van der Waals surface area contributed by atoms with Crippen molar-refractivity contribution < 1.29 is 18.0 Å². The number of amides is 2. The van der Waals surface area contributed by atoms with Crippen molar-refractivity contribution in [1.29, 1.82) is 0 Å². The number of carbonyl (C=O) groups is 2. The van der Waals surface area contributed by atoms with E-state index in [0.717, 1.165) is 22.6 Å². The largest absolute Gasteiger partial charge is 0.344 e. The summed E-state index contributed by atoms with van der Waals surface area (Å²) in [4.78, 5) is 31.0. The molecular weight excluding hydrogens is 414 g/mol. The molecule has 1 N–H and O–H groups in total. The maximum absolute atomic E-state index is 12.6. The number of aromatic nitrogens is 3. The lowest BCUT2D eigenvalue weighted by atomic mass is 10.1. The molecule has 0 radical (unpaired) electrons. The Labute approximate surface area is 174 Å². The smallest absolute Gasteiger partial charge is 0.265 e. The van der Waals surface area contributed by atoms with Crippen LogP contribution >= 0.6 is 11.3 Å². The zero-order chi connectivity index (χ0) is 21.5. The predicted molar refractivity (Wildman–Crippen MR) is 111 cm³/mol. The number of carbonyl (C=O) groups excluding carboxylic acids is 2. The second kappa shape index (κ2) is 7.86. The van der Waals surface area contributed by atoms with Gasteiger partial charge in [0.2, 0.25) is 5.91 Å². The van der Waals surface area contributed by atoms with E-state index in [1.807, 2.05) is 13.8 Å². The summed E-state index contributed by atoms with van der Waals surface area (Å²) in [5, 5.41) is 7.62. The third-order valence-corrected chi connectivity index (χ3v) is 7.82. The van der Waals surface area contributed by atoms with Crippen LogP contribution < -0.4 is 5.32 Å². The minimum atomic E-state index is -3.02.